The van der Waals surface area contributed by atoms with E-state index in [0.29, 0.717) is 4.31 Å². The second kappa shape index (κ2) is 8.67. The van der Waals surface area contributed by atoms with Gasteiger partial charge >= 0.3 is 10.2 Å². The van der Waals surface area contributed by atoms with E-state index in [-0.39, 0.29) is 27.4 Å². The third-order valence-corrected chi connectivity index (χ3v) is 7.18. The number of fused-ring (bicyclic) bond motifs is 1. The monoisotopic (exact) mass is 522 g/mol. The van der Waals surface area contributed by atoms with Crippen molar-refractivity contribution in [2.24, 2.45) is 7.05 Å². The van der Waals surface area contributed by atoms with Crippen LogP contribution in [0.1, 0.15) is 0 Å². The summed E-state index contributed by atoms with van der Waals surface area (Å²) >= 11 is 12.5. The molecule has 1 aromatic heterocycles. The van der Waals surface area contributed by atoms with E-state index in [1.807, 2.05) is 0 Å². The number of aryl methyl sites for hydroxylation is 1. The molecular formula is C19H15Cl2F3N4O4S. The minimum atomic E-state index is -4.39. The summed E-state index contributed by atoms with van der Waals surface area (Å²) in [6.45, 7) is -1.34. The fraction of sp³-hybridized carbons (Fsp3) is 0.263. The molecule has 1 aliphatic rings. The maximum absolute atomic E-state index is 14.5. The number of halogens is 5. The highest BCUT2D eigenvalue weighted by atomic mass is 35.5. The Hall–Kier alpha value is -2.54. The molecule has 8 nitrogen and oxygen atoms in total. The fourth-order valence-electron chi connectivity index (χ4n) is 3.22. The van der Waals surface area contributed by atoms with E-state index in [1.165, 1.54) is 30.1 Å². The Kier molecular flexibility index (Phi) is 6.20. The molecule has 0 saturated carbocycles. The van der Waals surface area contributed by atoms with Gasteiger partial charge in [0.05, 0.1) is 27.9 Å². The van der Waals surface area contributed by atoms with E-state index in [1.54, 1.807) is 0 Å². The highest BCUT2D eigenvalue weighted by Gasteiger charge is 2.39. The van der Waals surface area contributed by atoms with Gasteiger partial charge in [0, 0.05) is 20.1 Å². The van der Waals surface area contributed by atoms with Crippen LogP contribution in [0.2, 0.25) is 10.0 Å². The Morgan fingerprint density at radius 1 is 1.12 bits per heavy atom. The molecule has 1 saturated heterocycles. The lowest BCUT2D eigenvalue weighted by Crippen LogP contribution is -2.34. The standard InChI is InChI=1S/C19H15Cl2F3N4O4S/c1-27-8-25-12-4-5-14(17(21)15(12)19(27)29)32-18-9(22)2-3-13(16(18)20)26-33(30,31)28-6-10(23)11(24)7-28/h2-5,8,10-11,26H,6-7H2,1H3. The number of ether oxygens (including phenoxy) is 1. The summed E-state index contributed by atoms with van der Waals surface area (Å²) in [5.41, 5.74) is -0.474. The largest absolute Gasteiger partial charge is 0.451 e. The lowest BCUT2D eigenvalue weighted by atomic mass is 10.2. The van der Waals surface area contributed by atoms with Crippen molar-refractivity contribution in [2.45, 2.75) is 12.3 Å². The fourth-order valence-corrected chi connectivity index (χ4v) is 5.05. The second-order valence-electron chi connectivity index (χ2n) is 7.23. The third-order valence-electron chi connectivity index (χ3n) is 4.98. The quantitative estimate of drug-likeness (QED) is 0.549. The zero-order chi connectivity index (χ0) is 24.1. The van der Waals surface area contributed by atoms with Crippen molar-refractivity contribution in [3.05, 3.63) is 56.8 Å². The summed E-state index contributed by atoms with van der Waals surface area (Å²) in [5.74, 6) is -1.66. The molecule has 3 aromatic rings. The van der Waals surface area contributed by atoms with E-state index in [0.717, 1.165) is 12.1 Å². The highest BCUT2D eigenvalue weighted by molar-refractivity contribution is 7.90. The van der Waals surface area contributed by atoms with Crippen LogP contribution in [0.25, 0.3) is 10.9 Å². The van der Waals surface area contributed by atoms with Crippen molar-refractivity contribution in [2.75, 3.05) is 17.8 Å². The van der Waals surface area contributed by atoms with Gasteiger partial charge in [0.25, 0.3) is 5.56 Å². The zero-order valence-corrected chi connectivity index (χ0v) is 19.1. The van der Waals surface area contributed by atoms with Gasteiger partial charge < -0.3 is 9.30 Å². The van der Waals surface area contributed by atoms with Gasteiger partial charge in [-0.25, -0.2) is 18.2 Å². The summed E-state index contributed by atoms with van der Waals surface area (Å²) in [6.07, 6.45) is -2.60. The third kappa shape index (κ3) is 4.35. The van der Waals surface area contributed by atoms with Crippen molar-refractivity contribution < 1.29 is 26.3 Å². The predicted molar refractivity (Wildman–Crippen MR) is 117 cm³/mol. The van der Waals surface area contributed by atoms with Crippen LogP contribution in [0.3, 0.4) is 0 Å². The molecular weight excluding hydrogens is 508 g/mol. The number of hydrogen-bond acceptors (Lipinski definition) is 5. The average Bonchev–Trinajstić information content (AvgIpc) is 3.11. The van der Waals surface area contributed by atoms with Crippen LogP contribution in [0, 0.1) is 5.82 Å². The van der Waals surface area contributed by atoms with Crippen molar-refractivity contribution in [1.29, 1.82) is 0 Å². The van der Waals surface area contributed by atoms with E-state index in [4.69, 9.17) is 27.9 Å². The Bertz CT molecular complexity index is 1410. The van der Waals surface area contributed by atoms with Crippen LogP contribution in [0.15, 0.2) is 35.4 Å². The van der Waals surface area contributed by atoms with Crippen LogP contribution in [0.5, 0.6) is 11.5 Å². The smallest absolute Gasteiger partial charge is 0.301 e. The molecule has 0 radical (unpaired) electrons. The van der Waals surface area contributed by atoms with Crippen molar-refractivity contribution in [3.63, 3.8) is 0 Å². The lowest BCUT2D eigenvalue weighted by molar-refractivity contribution is 0.217. The molecule has 0 amide bonds. The Balaban J connectivity index is 1.69. The van der Waals surface area contributed by atoms with E-state index < -0.39 is 57.8 Å². The number of nitrogens with one attached hydrogen (secondary N) is 1. The lowest BCUT2D eigenvalue weighted by Gasteiger charge is -2.19. The average molecular weight is 523 g/mol. The van der Waals surface area contributed by atoms with Gasteiger partial charge in [-0.15, -0.1) is 0 Å². The first-order chi connectivity index (χ1) is 15.5. The first kappa shape index (κ1) is 23.6. The van der Waals surface area contributed by atoms with Gasteiger partial charge in [0.15, 0.2) is 11.6 Å². The first-order valence-corrected chi connectivity index (χ1v) is 11.5. The van der Waals surface area contributed by atoms with Crippen molar-refractivity contribution in [3.8, 4) is 11.5 Å². The van der Waals surface area contributed by atoms with Crippen LogP contribution in [-0.2, 0) is 17.3 Å². The number of rotatable bonds is 5. The van der Waals surface area contributed by atoms with E-state index in [2.05, 4.69) is 9.71 Å². The molecule has 2 unspecified atom stereocenters. The highest BCUT2D eigenvalue weighted by Crippen LogP contribution is 2.41. The molecule has 0 bridgehead atoms. The number of benzene rings is 2. The minimum absolute atomic E-state index is 0.0307. The van der Waals surface area contributed by atoms with Gasteiger partial charge in [0.1, 0.15) is 23.1 Å². The summed E-state index contributed by atoms with van der Waals surface area (Å²) < 4.78 is 75.7. The molecule has 176 valence electrons. The molecule has 1 fully saturated rings. The number of anilines is 1. The van der Waals surface area contributed by atoms with Gasteiger partial charge in [-0.2, -0.15) is 12.7 Å². The molecule has 1 N–H and O–H groups in total. The Morgan fingerprint density at radius 3 is 2.45 bits per heavy atom. The van der Waals surface area contributed by atoms with Crippen LogP contribution in [-0.4, -0.2) is 47.7 Å². The SMILES string of the molecule is Cn1cnc2ccc(Oc3c(F)ccc(NS(=O)(=O)N4CC(F)C(F)C4)c3Cl)c(Cl)c2c1=O. The van der Waals surface area contributed by atoms with Gasteiger partial charge in [-0.05, 0) is 24.3 Å². The Morgan fingerprint density at radius 2 is 1.79 bits per heavy atom. The summed E-state index contributed by atoms with van der Waals surface area (Å²) in [4.78, 5) is 16.5. The van der Waals surface area contributed by atoms with Crippen LogP contribution < -0.4 is 15.0 Å². The molecule has 2 aromatic carbocycles. The molecule has 2 atom stereocenters. The summed E-state index contributed by atoms with van der Waals surface area (Å²) in [5, 5.41) is -0.590. The topological polar surface area (TPSA) is 93.5 Å². The van der Waals surface area contributed by atoms with Gasteiger partial charge in [-0.3, -0.25) is 9.52 Å². The maximum atomic E-state index is 14.5. The zero-order valence-electron chi connectivity index (χ0n) is 16.7. The second-order valence-corrected chi connectivity index (χ2v) is 9.66. The molecule has 14 heteroatoms. The van der Waals surface area contributed by atoms with E-state index >= 15 is 0 Å². The van der Waals surface area contributed by atoms with Crippen LogP contribution >= 0.6 is 23.2 Å². The predicted octanol–water partition coefficient (Wildman–Crippen LogP) is 3.82. The van der Waals surface area contributed by atoms with Gasteiger partial charge in [0.2, 0.25) is 0 Å². The summed E-state index contributed by atoms with van der Waals surface area (Å²) in [6, 6.07) is 4.69. The molecule has 2 heterocycles. The van der Waals surface area contributed by atoms with Crippen molar-refractivity contribution >= 4 is 50.0 Å². The minimum Gasteiger partial charge on any atom is -0.451 e. The number of aromatic nitrogens is 2. The van der Waals surface area contributed by atoms with Crippen LogP contribution in [0.4, 0.5) is 18.9 Å². The molecule has 33 heavy (non-hydrogen) atoms. The normalized spacial score (nSPS) is 19.2. The molecule has 0 aliphatic carbocycles. The molecule has 0 spiro atoms. The summed E-state index contributed by atoms with van der Waals surface area (Å²) in [7, 11) is -2.92. The maximum Gasteiger partial charge on any atom is 0.301 e. The first-order valence-electron chi connectivity index (χ1n) is 9.35. The Labute approximate surface area is 195 Å². The van der Waals surface area contributed by atoms with Gasteiger partial charge in [-0.1, -0.05) is 23.2 Å². The number of alkyl halides is 2. The molecule has 1 aliphatic heterocycles. The number of nitrogens with zero attached hydrogens (tertiary/aromatic N) is 3. The molecule has 4 rings (SSSR count). The van der Waals surface area contributed by atoms with Crippen molar-refractivity contribution in [1.82, 2.24) is 13.9 Å². The van der Waals surface area contributed by atoms with E-state index in [9.17, 15) is 26.4 Å². The number of hydrogen-bond donors (Lipinski definition) is 1.